The van der Waals surface area contributed by atoms with Crippen LogP contribution in [0.2, 0.25) is 0 Å². The van der Waals surface area contributed by atoms with Gasteiger partial charge in [-0.2, -0.15) is 0 Å². The minimum absolute atomic E-state index is 0.0923. The van der Waals surface area contributed by atoms with Gasteiger partial charge in [0, 0.05) is 7.05 Å². The van der Waals surface area contributed by atoms with E-state index in [0.717, 1.165) is 5.56 Å². The molecule has 0 aliphatic rings. The number of aromatic nitrogens is 2. The lowest BCUT2D eigenvalue weighted by molar-refractivity contribution is -0.129. The summed E-state index contributed by atoms with van der Waals surface area (Å²) < 4.78 is 11.1. The summed E-state index contributed by atoms with van der Waals surface area (Å²) in [5, 5.41) is 1.82. The number of thiophene rings is 1. The van der Waals surface area contributed by atoms with Crippen molar-refractivity contribution in [2.24, 2.45) is 0 Å². The highest BCUT2D eigenvalue weighted by molar-refractivity contribution is 7.17. The second-order valence-corrected chi connectivity index (χ2v) is 6.68. The van der Waals surface area contributed by atoms with Gasteiger partial charge in [0.1, 0.15) is 10.5 Å². The normalized spacial score (nSPS) is 10.7. The number of amides is 1. The van der Waals surface area contributed by atoms with Crippen LogP contribution in [0.15, 0.2) is 34.4 Å². The average Bonchev–Trinajstić information content (AvgIpc) is 3.10. The summed E-state index contributed by atoms with van der Waals surface area (Å²) in [6.45, 7) is 0.229. The fraction of sp³-hybridized carbons (Fsp3) is 0.278. The molecule has 2 aromatic heterocycles. The van der Waals surface area contributed by atoms with Gasteiger partial charge >= 0.3 is 0 Å². The molecule has 1 amide bonds. The van der Waals surface area contributed by atoms with Gasteiger partial charge in [-0.1, -0.05) is 6.07 Å². The lowest BCUT2D eigenvalue weighted by atomic mass is 10.1. The number of H-pyrrole nitrogens is 1. The summed E-state index contributed by atoms with van der Waals surface area (Å²) in [6.07, 6.45) is 0.210. The molecule has 1 N–H and O–H groups in total. The predicted molar refractivity (Wildman–Crippen MR) is 100.0 cm³/mol. The minimum Gasteiger partial charge on any atom is -0.493 e. The molecule has 0 saturated carbocycles. The van der Waals surface area contributed by atoms with Crippen LogP contribution in [0.1, 0.15) is 11.4 Å². The molecule has 26 heavy (non-hydrogen) atoms. The van der Waals surface area contributed by atoms with Gasteiger partial charge < -0.3 is 19.4 Å². The lowest BCUT2D eigenvalue weighted by Gasteiger charge is -2.17. The third-order valence-corrected chi connectivity index (χ3v) is 4.88. The predicted octanol–water partition coefficient (Wildman–Crippen LogP) is 2.20. The summed E-state index contributed by atoms with van der Waals surface area (Å²) in [7, 11) is 4.80. The monoisotopic (exact) mass is 373 g/mol. The van der Waals surface area contributed by atoms with Crippen molar-refractivity contribution >= 4 is 27.5 Å². The SMILES string of the molecule is COc1ccc(CC(=O)N(C)Cc2nc3ccsc3c(=O)[nH]2)cc1OC. The maximum atomic E-state index is 12.5. The van der Waals surface area contributed by atoms with Crippen molar-refractivity contribution in [1.29, 1.82) is 0 Å². The molecule has 0 aliphatic carbocycles. The van der Waals surface area contributed by atoms with Crippen molar-refractivity contribution in [3.8, 4) is 11.5 Å². The Hall–Kier alpha value is -2.87. The summed E-state index contributed by atoms with van der Waals surface area (Å²) >= 11 is 1.35. The number of fused-ring (bicyclic) bond motifs is 1. The number of benzene rings is 1. The van der Waals surface area contributed by atoms with E-state index in [9.17, 15) is 9.59 Å². The van der Waals surface area contributed by atoms with Crippen molar-refractivity contribution in [3.05, 3.63) is 51.4 Å². The standard InChI is InChI=1S/C18H19N3O4S/c1-21(10-15-19-12-6-7-26-17(12)18(23)20-15)16(22)9-11-4-5-13(24-2)14(8-11)25-3/h4-8H,9-10H2,1-3H3,(H,19,20,23). The van der Waals surface area contributed by atoms with E-state index in [1.807, 2.05) is 11.4 Å². The Balaban J connectivity index is 1.72. The van der Waals surface area contributed by atoms with E-state index >= 15 is 0 Å². The number of methoxy groups -OCH3 is 2. The maximum absolute atomic E-state index is 12.5. The molecule has 136 valence electrons. The van der Waals surface area contributed by atoms with Crippen molar-refractivity contribution in [1.82, 2.24) is 14.9 Å². The molecule has 0 bridgehead atoms. The zero-order chi connectivity index (χ0) is 18.7. The molecule has 0 unspecified atom stereocenters. The van der Waals surface area contributed by atoms with Gasteiger partial charge in [-0.15, -0.1) is 11.3 Å². The Labute approximate surface area is 154 Å². The lowest BCUT2D eigenvalue weighted by Crippen LogP contribution is -2.29. The number of rotatable bonds is 6. The molecule has 0 radical (unpaired) electrons. The Morgan fingerprint density at radius 1 is 1.23 bits per heavy atom. The second-order valence-electron chi connectivity index (χ2n) is 5.76. The van der Waals surface area contributed by atoms with Crippen LogP contribution in [0.25, 0.3) is 10.2 Å². The molecule has 8 heteroatoms. The highest BCUT2D eigenvalue weighted by Gasteiger charge is 2.14. The highest BCUT2D eigenvalue weighted by atomic mass is 32.1. The van der Waals surface area contributed by atoms with Crippen molar-refractivity contribution in [2.75, 3.05) is 21.3 Å². The fourth-order valence-corrected chi connectivity index (χ4v) is 3.34. The van der Waals surface area contributed by atoms with Crippen molar-refractivity contribution < 1.29 is 14.3 Å². The molecule has 0 spiro atoms. The van der Waals surface area contributed by atoms with E-state index in [1.165, 1.54) is 16.2 Å². The van der Waals surface area contributed by atoms with Crippen LogP contribution in [0, 0.1) is 0 Å². The average molecular weight is 373 g/mol. The Morgan fingerprint density at radius 3 is 2.73 bits per heavy atom. The smallest absolute Gasteiger partial charge is 0.268 e. The molecule has 1 aromatic carbocycles. The number of carbonyl (C=O) groups is 1. The Morgan fingerprint density at radius 2 is 2.00 bits per heavy atom. The quantitative estimate of drug-likeness (QED) is 0.716. The van der Waals surface area contributed by atoms with Crippen LogP contribution in [0.3, 0.4) is 0 Å². The van der Waals surface area contributed by atoms with Crippen LogP contribution in [0.5, 0.6) is 11.5 Å². The molecule has 7 nitrogen and oxygen atoms in total. The molecular weight excluding hydrogens is 354 g/mol. The number of likely N-dealkylation sites (N-methyl/N-ethyl adjacent to an activating group) is 1. The molecule has 2 heterocycles. The van der Waals surface area contributed by atoms with Gasteiger partial charge in [-0.3, -0.25) is 9.59 Å². The molecule has 0 fully saturated rings. The summed E-state index contributed by atoms with van der Waals surface area (Å²) in [5.74, 6) is 1.56. The number of nitrogens with zero attached hydrogens (tertiary/aromatic N) is 2. The van der Waals surface area contributed by atoms with Gasteiger partial charge in [-0.25, -0.2) is 4.98 Å². The van der Waals surface area contributed by atoms with E-state index in [2.05, 4.69) is 9.97 Å². The molecule has 3 aromatic rings. The van der Waals surface area contributed by atoms with Crippen LogP contribution < -0.4 is 15.0 Å². The summed E-state index contributed by atoms with van der Waals surface area (Å²) in [4.78, 5) is 33.2. The number of ether oxygens (including phenoxy) is 2. The van der Waals surface area contributed by atoms with Gasteiger partial charge in [0.05, 0.1) is 32.7 Å². The first-order valence-corrected chi connectivity index (χ1v) is 8.81. The van der Waals surface area contributed by atoms with Crippen LogP contribution >= 0.6 is 11.3 Å². The van der Waals surface area contributed by atoms with Crippen molar-refractivity contribution in [3.63, 3.8) is 0 Å². The molecular formula is C18H19N3O4S. The number of hydrogen-bond acceptors (Lipinski definition) is 6. The first kappa shape index (κ1) is 17.9. The van der Waals surface area contributed by atoms with E-state index in [-0.39, 0.29) is 24.4 Å². The van der Waals surface area contributed by atoms with E-state index in [4.69, 9.17) is 9.47 Å². The first-order valence-electron chi connectivity index (χ1n) is 7.93. The van der Waals surface area contributed by atoms with Gasteiger partial charge in [0.25, 0.3) is 5.56 Å². The fourth-order valence-electron chi connectivity index (χ4n) is 2.61. The zero-order valence-corrected chi connectivity index (χ0v) is 15.6. The minimum atomic E-state index is -0.180. The largest absolute Gasteiger partial charge is 0.493 e. The number of aromatic amines is 1. The first-order chi connectivity index (χ1) is 12.5. The van der Waals surface area contributed by atoms with Crippen molar-refractivity contribution in [2.45, 2.75) is 13.0 Å². The van der Waals surface area contributed by atoms with E-state index < -0.39 is 0 Å². The Bertz CT molecular complexity index is 996. The Kier molecular flexibility index (Phi) is 5.22. The van der Waals surface area contributed by atoms with E-state index in [1.54, 1.807) is 39.5 Å². The molecule has 3 rings (SSSR count). The number of nitrogens with one attached hydrogen (secondary N) is 1. The number of carbonyl (C=O) groups excluding carboxylic acids is 1. The third kappa shape index (κ3) is 3.70. The molecule has 0 saturated heterocycles. The molecule has 0 aliphatic heterocycles. The number of hydrogen-bond donors (Lipinski definition) is 1. The maximum Gasteiger partial charge on any atom is 0.268 e. The highest BCUT2D eigenvalue weighted by Crippen LogP contribution is 2.27. The van der Waals surface area contributed by atoms with Gasteiger partial charge in [0.2, 0.25) is 5.91 Å². The van der Waals surface area contributed by atoms with Crippen LogP contribution in [-0.4, -0.2) is 42.0 Å². The molecule has 0 atom stereocenters. The third-order valence-electron chi connectivity index (χ3n) is 3.98. The second kappa shape index (κ2) is 7.57. The van der Waals surface area contributed by atoms with Crippen LogP contribution in [-0.2, 0) is 17.8 Å². The zero-order valence-electron chi connectivity index (χ0n) is 14.7. The van der Waals surface area contributed by atoms with Gasteiger partial charge in [0.15, 0.2) is 11.5 Å². The van der Waals surface area contributed by atoms with Gasteiger partial charge in [-0.05, 0) is 29.1 Å². The van der Waals surface area contributed by atoms with E-state index in [0.29, 0.717) is 27.5 Å². The van der Waals surface area contributed by atoms with Crippen LogP contribution in [0.4, 0.5) is 0 Å². The summed E-state index contributed by atoms with van der Waals surface area (Å²) in [5.41, 5.74) is 1.28. The topological polar surface area (TPSA) is 84.5 Å². The summed E-state index contributed by atoms with van der Waals surface area (Å²) in [6, 6.07) is 7.17.